The molecule has 0 aromatic carbocycles. The van der Waals surface area contributed by atoms with Gasteiger partial charge in [-0.3, -0.25) is 0 Å². The fourth-order valence-corrected chi connectivity index (χ4v) is 0. The zero-order valence-corrected chi connectivity index (χ0v) is 10.6. The van der Waals surface area contributed by atoms with Crippen LogP contribution in [-0.2, 0) is 20.1 Å². The summed E-state index contributed by atoms with van der Waals surface area (Å²) in [6, 6.07) is 0. The zero-order chi connectivity index (χ0) is 4.50. The molecular formula is MnO4PbSb+. The van der Waals surface area contributed by atoms with E-state index in [0.717, 1.165) is 0 Å². The van der Waals surface area contributed by atoms with E-state index in [-0.39, 0.29) is 44.4 Å². The molecule has 7 heteroatoms. The van der Waals surface area contributed by atoms with Gasteiger partial charge in [-0.25, -0.2) is 0 Å². The normalized spacial score (nSPS) is 8.43. The summed E-state index contributed by atoms with van der Waals surface area (Å²) < 4.78 is 34.6. The molecule has 0 aliphatic carbocycles. The summed E-state index contributed by atoms with van der Waals surface area (Å²) in [7, 11) is 0. The molecule has 0 aromatic rings. The molecule has 0 atom stereocenters. The fraction of sp³-hybridized carbons (Fsp3) is 0. The molecule has 39 valence electrons. The van der Waals surface area contributed by atoms with Crippen LogP contribution in [0.1, 0.15) is 0 Å². The van der Waals surface area contributed by atoms with Crippen LogP contribution in [0.2, 0.25) is 0 Å². The third-order valence-electron chi connectivity index (χ3n) is 0. The summed E-state index contributed by atoms with van der Waals surface area (Å²) in [5, 5.41) is 0. The molecule has 0 rings (SSSR count). The van der Waals surface area contributed by atoms with E-state index >= 15 is 0 Å². The predicted octanol–water partition coefficient (Wildman–Crippen LogP) is -4.45. The molecule has 0 unspecified atom stereocenters. The van der Waals surface area contributed by atoms with Crippen molar-refractivity contribution < 1.29 is 30.2 Å². The maximum atomic E-state index is 8.64. The van der Waals surface area contributed by atoms with Crippen molar-refractivity contribution in [2.45, 2.75) is 0 Å². The van der Waals surface area contributed by atoms with Crippen LogP contribution in [0.4, 0.5) is 0 Å². The molecule has 0 aromatic heterocycles. The summed E-state index contributed by atoms with van der Waals surface area (Å²) in [5.41, 5.74) is 0. The minimum atomic E-state index is -6.10. The Labute approximate surface area is 76.6 Å². The predicted molar refractivity (Wildman–Crippen MR) is 12.2 cm³/mol. The average molecular weight is 448 g/mol. The third-order valence-corrected chi connectivity index (χ3v) is 0. The van der Waals surface area contributed by atoms with Crippen molar-refractivity contribution in [2.75, 3.05) is 0 Å². The minimum Gasteiger partial charge on any atom is 2.00 e. The van der Waals surface area contributed by atoms with Crippen molar-refractivity contribution in [3.05, 3.63) is 0 Å². The fourth-order valence-electron chi connectivity index (χ4n) is 0. The second-order valence-corrected chi connectivity index (χ2v) is 3.00. The molecule has 0 aliphatic rings. The zero-order valence-electron chi connectivity index (χ0n) is 2.96. The second kappa shape index (κ2) is 6.07. The van der Waals surface area contributed by atoms with E-state index < -0.39 is 20.1 Å². The molecule has 0 fully saturated rings. The maximum Gasteiger partial charge on any atom is 2.00 e. The number of rotatable bonds is 0. The average Bonchev–Trinajstić information content (AvgIpc) is 0.722. The molecule has 0 aliphatic heterocycles. The molecule has 0 saturated carbocycles. The Hall–Kier alpha value is 1.94. The van der Waals surface area contributed by atoms with Gasteiger partial charge in [0.1, 0.15) is 0 Å². The van der Waals surface area contributed by atoms with Crippen LogP contribution in [0.25, 0.3) is 0 Å². The molecule has 0 N–H and O–H groups in total. The smallest absolute Gasteiger partial charge is 2.00 e. The van der Waals surface area contributed by atoms with Crippen LogP contribution in [0.5, 0.6) is 0 Å². The Morgan fingerprint density at radius 3 is 1.14 bits per heavy atom. The van der Waals surface area contributed by atoms with E-state index in [0.29, 0.717) is 0 Å². The van der Waals surface area contributed by atoms with Gasteiger partial charge < -0.3 is 0 Å². The second-order valence-electron chi connectivity index (χ2n) is 0.447. The van der Waals surface area contributed by atoms with Gasteiger partial charge in [-0.05, 0) is 0 Å². The van der Waals surface area contributed by atoms with Gasteiger partial charge in [0.15, 0.2) is 0 Å². The summed E-state index contributed by atoms with van der Waals surface area (Å²) in [6.45, 7) is 0. The summed E-state index contributed by atoms with van der Waals surface area (Å²) in [5.74, 6) is 0. The molecular weight excluding hydrogens is 448 g/mol. The van der Waals surface area contributed by atoms with E-state index in [1.54, 1.807) is 0 Å². The van der Waals surface area contributed by atoms with Gasteiger partial charge in [-0.2, -0.15) is 0 Å². The van der Waals surface area contributed by atoms with Gasteiger partial charge in [-0.15, -0.1) is 0 Å². The quantitative estimate of drug-likeness (QED) is 0.351. The van der Waals surface area contributed by atoms with E-state index in [1.165, 1.54) is 0 Å². The van der Waals surface area contributed by atoms with E-state index in [9.17, 15) is 0 Å². The van der Waals surface area contributed by atoms with Crippen molar-refractivity contribution in [3.63, 3.8) is 0 Å². The van der Waals surface area contributed by atoms with Gasteiger partial charge in [0.05, 0.1) is 0 Å². The molecule has 0 heterocycles. The molecule has 4 nitrogen and oxygen atoms in total. The number of hydrogen-bond donors (Lipinski definition) is 0. The Kier molecular flexibility index (Phi) is 13.8. The molecule has 0 amide bonds. The summed E-state index contributed by atoms with van der Waals surface area (Å²) >= 11 is -6.10. The van der Waals surface area contributed by atoms with Crippen molar-refractivity contribution in [3.8, 4) is 0 Å². The summed E-state index contributed by atoms with van der Waals surface area (Å²) in [6.07, 6.45) is 0. The monoisotopic (exact) mass is 448 g/mol. The van der Waals surface area contributed by atoms with Crippen molar-refractivity contribution >= 4 is 47.4 Å². The van der Waals surface area contributed by atoms with Crippen LogP contribution in [0.15, 0.2) is 0 Å². The first-order valence-electron chi connectivity index (χ1n) is 0.730. The first-order chi connectivity index (χ1) is 2.00. The minimum absolute atomic E-state index is 0. The van der Waals surface area contributed by atoms with E-state index in [4.69, 9.17) is 13.2 Å². The van der Waals surface area contributed by atoms with Gasteiger partial charge in [0.2, 0.25) is 0 Å². The number of hydrogen-bond acceptors (Lipinski definition) is 4. The van der Waals surface area contributed by atoms with Crippen LogP contribution in [0.3, 0.4) is 0 Å². The van der Waals surface area contributed by atoms with Gasteiger partial charge in [-0.1, -0.05) is 0 Å². The summed E-state index contributed by atoms with van der Waals surface area (Å²) in [4.78, 5) is 0. The maximum absolute atomic E-state index is 8.64. The Balaban J connectivity index is -0.0000000800. The van der Waals surface area contributed by atoms with Gasteiger partial charge >= 0.3 is 77.6 Å². The van der Waals surface area contributed by atoms with Crippen molar-refractivity contribution in [1.82, 2.24) is 0 Å². The Morgan fingerprint density at radius 2 is 1.14 bits per heavy atom. The molecule has 0 spiro atoms. The third kappa shape index (κ3) is 74.4. The standard InChI is InChI=1S/Mn.4O.Pb.Sb/q+2;;3*-1;+2;. The molecule has 7 heavy (non-hydrogen) atoms. The van der Waals surface area contributed by atoms with E-state index in [1.807, 2.05) is 0 Å². The molecule has 3 radical (unpaired) electrons. The molecule has 0 bridgehead atoms. The Bertz CT molecular complexity index is 57.8. The SMILES string of the molecule is [Mn+2].[O]=[Sb]([O-])([O-])[O-].[Pb+2]. The van der Waals surface area contributed by atoms with Crippen molar-refractivity contribution in [1.29, 1.82) is 0 Å². The van der Waals surface area contributed by atoms with Crippen LogP contribution in [0, 0.1) is 0 Å². The van der Waals surface area contributed by atoms with Crippen molar-refractivity contribution in [2.24, 2.45) is 0 Å². The van der Waals surface area contributed by atoms with E-state index in [2.05, 4.69) is 0 Å². The van der Waals surface area contributed by atoms with Crippen LogP contribution in [-0.4, -0.2) is 47.4 Å². The first kappa shape index (κ1) is 16.0. The topological polar surface area (TPSA) is 86.2 Å². The first-order valence-corrected chi connectivity index (χ1v) is 4.90. The largest absolute Gasteiger partial charge is 2.00 e. The van der Waals surface area contributed by atoms with Gasteiger partial charge in [0.25, 0.3) is 0 Å². The Morgan fingerprint density at radius 1 is 1.14 bits per heavy atom. The molecule has 0 saturated heterocycles. The van der Waals surface area contributed by atoms with Crippen LogP contribution < -0.4 is 10.2 Å². The van der Waals surface area contributed by atoms with Crippen LogP contribution >= 0.6 is 0 Å². The van der Waals surface area contributed by atoms with Gasteiger partial charge in [0, 0.05) is 0 Å².